The van der Waals surface area contributed by atoms with Crippen LogP contribution in [-0.2, 0) is 4.74 Å². The molecule has 0 aromatic heterocycles. The Morgan fingerprint density at radius 2 is 2.20 bits per heavy atom. The van der Waals surface area contributed by atoms with E-state index >= 15 is 0 Å². The van der Waals surface area contributed by atoms with E-state index in [1.807, 2.05) is 24.3 Å². The Morgan fingerprint density at radius 1 is 1.47 bits per heavy atom. The van der Waals surface area contributed by atoms with Gasteiger partial charge in [0.1, 0.15) is 11.9 Å². The van der Waals surface area contributed by atoms with Crippen molar-refractivity contribution >= 4 is 21.8 Å². The fourth-order valence-electron chi connectivity index (χ4n) is 1.39. The molecule has 1 heterocycles. The van der Waals surface area contributed by atoms with Gasteiger partial charge in [0.2, 0.25) is 5.90 Å². The quantitative estimate of drug-likeness (QED) is 0.788. The number of halogens is 1. The number of ether oxygens (including phenoxy) is 2. The number of hydrogen-bond acceptors (Lipinski definition) is 3. The summed E-state index contributed by atoms with van der Waals surface area (Å²) in [4.78, 5) is 4.34. The van der Waals surface area contributed by atoms with Crippen LogP contribution in [0.5, 0.6) is 5.75 Å². The zero-order chi connectivity index (χ0) is 10.7. The molecule has 0 unspecified atom stereocenters. The van der Waals surface area contributed by atoms with Crippen LogP contribution in [0, 0.1) is 0 Å². The molecule has 15 heavy (non-hydrogen) atoms. The number of rotatable bonds is 3. The van der Waals surface area contributed by atoms with Gasteiger partial charge in [-0.25, -0.2) is 4.99 Å². The maximum absolute atomic E-state index is 5.63. The van der Waals surface area contributed by atoms with Crippen LogP contribution < -0.4 is 4.74 Å². The lowest BCUT2D eigenvalue weighted by molar-refractivity contribution is 0.252. The van der Waals surface area contributed by atoms with E-state index in [-0.39, 0.29) is 6.10 Å². The van der Waals surface area contributed by atoms with Gasteiger partial charge in [0.05, 0.1) is 13.7 Å². The van der Waals surface area contributed by atoms with E-state index in [1.54, 1.807) is 7.11 Å². The van der Waals surface area contributed by atoms with E-state index in [0.717, 1.165) is 29.1 Å². The zero-order valence-corrected chi connectivity index (χ0v) is 10.0. The first kappa shape index (κ1) is 10.5. The summed E-state index contributed by atoms with van der Waals surface area (Å²) in [6, 6.07) is 7.72. The summed E-state index contributed by atoms with van der Waals surface area (Å²) in [6.45, 7) is 0.729. The van der Waals surface area contributed by atoms with Gasteiger partial charge in [0.15, 0.2) is 0 Å². The van der Waals surface area contributed by atoms with E-state index in [4.69, 9.17) is 9.47 Å². The van der Waals surface area contributed by atoms with Crippen LogP contribution in [0.3, 0.4) is 0 Å². The summed E-state index contributed by atoms with van der Waals surface area (Å²) < 4.78 is 10.7. The zero-order valence-electron chi connectivity index (χ0n) is 8.44. The fourth-order valence-corrected chi connectivity index (χ4v) is 1.73. The van der Waals surface area contributed by atoms with Crippen LogP contribution in [0.15, 0.2) is 29.3 Å². The van der Waals surface area contributed by atoms with E-state index in [9.17, 15) is 0 Å². The summed E-state index contributed by atoms with van der Waals surface area (Å²) in [5.74, 6) is 1.57. The Balaban J connectivity index is 2.10. The fraction of sp³-hybridized carbons (Fsp3) is 0.364. The number of nitrogens with zero attached hydrogens (tertiary/aromatic N) is 1. The van der Waals surface area contributed by atoms with Crippen LogP contribution in [0.1, 0.15) is 5.56 Å². The third-order valence-electron chi connectivity index (χ3n) is 2.23. The highest BCUT2D eigenvalue weighted by Gasteiger charge is 2.19. The molecule has 1 aromatic carbocycles. The lowest BCUT2D eigenvalue weighted by atomic mass is 10.2. The van der Waals surface area contributed by atoms with Gasteiger partial charge >= 0.3 is 0 Å². The van der Waals surface area contributed by atoms with Gasteiger partial charge in [-0.05, 0) is 24.3 Å². The van der Waals surface area contributed by atoms with Crippen molar-refractivity contribution in [2.75, 3.05) is 19.0 Å². The van der Waals surface area contributed by atoms with Crippen LogP contribution in [0.2, 0.25) is 0 Å². The molecule has 2 rings (SSSR count). The molecule has 0 aliphatic carbocycles. The van der Waals surface area contributed by atoms with Crippen LogP contribution in [0.4, 0.5) is 0 Å². The van der Waals surface area contributed by atoms with Crippen molar-refractivity contribution in [2.24, 2.45) is 4.99 Å². The molecule has 0 saturated heterocycles. The van der Waals surface area contributed by atoms with Crippen molar-refractivity contribution < 1.29 is 9.47 Å². The predicted octanol–water partition coefficient (Wildman–Crippen LogP) is 2.24. The van der Waals surface area contributed by atoms with E-state index in [2.05, 4.69) is 20.9 Å². The topological polar surface area (TPSA) is 30.8 Å². The molecule has 3 nitrogen and oxygen atoms in total. The maximum Gasteiger partial charge on any atom is 0.216 e. The van der Waals surface area contributed by atoms with Crippen LogP contribution in [0.25, 0.3) is 0 Å². The standard InChI is InChI=1S/C11H12BrNO2/c1-14-9-4-2-8(3-5-9)11-13-7-10(6-12)15-11/h2-5,10H,6-7H2,1H3/t10-/m1/s1. The lowest BCUT2D eigenvalue weighted by Crippen LogP contribution is -2.14. The summed E-state index contributed by atoms with van der Waals surface area (Å²) in [5.41, 5.74) is 0.999. The molecule has 1 aliphatic rings. The number of aliphatic imine (C=N–C) groups is 1. The Morgan fingerprint density at radius 3 is 2.73 bits per heavy atom. The molecule has 0 radical (unpaired) electrons. The average molecular weight is 270 g/mol. The second-order valence-corrected chi connectivity index (χ2v) is 3.92. The SMILES string of the molecule is COc1ccc(C2=NC[C@@H](CBr)O2)cc1. The highest BCUT2D eigenvalue weighted by molar-refractivity contribution is 9.09. The molecule has 1 aromatic rings. The normalized spacial score (nSPS) is 19.6. The predicted molar refractivity (Wildman–Crippen MR) is 63.1 cm³/mol. The number of alkyl halides is 1. The van der Waals surface area contributed by atoms with Gasteiger partial charge in [-0.2, -0.15) is 0 Å². The minimum absolute atomic E-state index is 0.169. The largest absolute Gasteiger partial charge is 0.497 e. The number of hydrogen-bond donors (Lipinski definition) is 0. The van der Waals surface area contributed by atoms with Gasteiger partial charge in [0.25, 0.3) is 0 Å². The summed E-state index contributed by atoms with van der Waals surface area (Å²) >= 11 is 3.38. The molecule has 0 bridgehead atoms. The van der Waals surface area contributed by atoms with Crippen LogP contribution in [-0.4, -0.2) is 31.0 Å². The molecular formula is C11H12BrNO2. The average Bonchev–Trinajstić information content (AvgIpc) is 2.78. The molecule has 1 aliphatic heterocycles. The Labute approximate surface area is 97.2 Å². The Hall–Kier alpha value is -1.03. The Bertz CT molecular complexity index is 361. The summed E-state index contributed by atoms with van der Waals surface area (Å²) in [5, 5.41) is 0.816. The third-order valence-corrected chi connectivity index (χ3v) is 2.95. The summed E-state index contributed by atoms with van der Waals surface area (Å²) in [6.07, 6.45) is 0.169. The molecule has 1 atom stereocenters. The minimum Gasteiger partial charge on any atom is -0.497 e. The van der Waals surface area contributed by atoms with Crippen molar-refractivity contribution in [2.45, 2.75) is 6.10 Å². The molecule has 80 valence electrons. The van der Waals surface area contributed by atoms with Gasteiger partial charge in [-0.1, -0.05) is 15.9 Å². The molecule has 0 spiro atoms. The van der Waals surface area contributed by atoms with Crippen molar-refractivity contribution in [1.82, 2.24) is 0 Å². The second-order valence-electron chi connectivity index (χ2n) is 3.27. The number of benzene rings is 1. The van der Waals surface area contributed by atoms with E-state index < -0.39 is 0 Å². The third kappa shape index (κ3) is 2.31. The van der Waals surface area contributed by atoms with E-state index in [0.29, 0.717) is 0 Å². The lowest BCUT2D eigenvalue weighted by Gasteiger charge is -2.07. The monoisotopic (exact) mass is 269 g/mol. The van der Waals surface area contributed by atoms with Crippen molar-refractivity contribution in [1.29, 1.82) is 0 Å². The first-order valence-electron chi connectivity index (χ1n) is 4.75. The second kappa shape index (κ2) is 4.66. The highest BCUT2D eigenvalue weighted by atomic mass is 79.9. The first-order chi connectivity index (χ1) is 7.33. The van der Waals surface area contributed by atoms with Gasteiger partial charge in [0, 0.05) is 10.9 Å². The summed E-state index contributed by atoms with van der Waals surface area (Å²) in [7, 11) is 1.65. The highest BCUT2D eigenvalue weighted by Crippen LogP contribution is 2.17. The van der Waals surface area contributed by atoms with Crippen molar-refractivity contribution in [3.8, 4) is 5.75 Å². The molecule has 0 saturated carbocycles. The maximum atomic E-state index is 5.63. The Kier molecular flexibility index (Phi) is 3.26. The molecule has 4 heteroatoms. The van der Waals surface area contributed by atoms with Gasteiger partial charge in [-0.3, -0.25) is 0 Å². The number of methoxy groups -OCH3 is 1. The molecule has 0 amide bonds. The van der Waals surface area contributed by atoms with Crippen molar-refractivity contribution in [3.63, 3.8) is 0 Å². The molecular weight excluding hydrogens is 258 g/mol. The van der Waals surface area contributed by atoms with Crippen molar-refractivity contribution in [3.05, 3.63) is 29.8 Å². The van der Waals surface area contributed by atoms with Gasteiger partial charge in [-0.15, -0.1) is 0 Å². The minimum atomic E-state index is 0.169. The molecule has 0 N–H and O–H groups in total. The first-order valence-corrected chi connectivity index (χ1v) is 5.87. The molecule has 0 fully saturated rings. The van der Waals surface area contributed by atoms with Gasteiger partial charge < -0.3 is 9.47 Å². The van der Waals surface area contributed by atoms with E-state index in [1.165, 1.54) is 0 Å². The smallest absolute Gasteiger partial charge is 0.216 e. The van der Waals surface area contributed by atoms with Crippen LogP contribution >= 0.6 is 15.9 Å².